The Balaban J connectivity index is 1.57. The normalized spacial score (nSPS) is 16.0. The zero-order valence-corrected chi connectivity index (χ0v) is 17.9. The molecule has 6 nitrogen and oxygen atoms in total. The van der Waals surface area contributed by atoms with E-state index >= 15 is 0 Å². The Labute approximate surface area is 171 Å². The molecule has 3 N–H and O–H groups in total. The van der Waals surface area contributed by atoms with Crippen molar-refractivity contribution >= 4 is 27.3 Å². The maximum absolute atomic E-state index is 12.2. The summed E-state index contributed by atoms with van der Waals surface area (Å²) in [6.45, 7) is 6.29. The van der Waals surface area contributed by atoms with Crippen molar-refractivity contribution in [2.24, 2.45) is 4.99 Å². The minimum absolute atomic E-state index is 0.111. The molecule has 3 rings (SSSR count). The number of hydrogen-bond acceptors (Lipinski definition) is 4. The summed E-state index contributed by atoms with van der Waals surface area (Å²) in [6, 6.07) is 11.3. The summed E-state index contributed by atoms with van der Waals surface area (Å²) in [6.07, 6.45) is 1.86. The van der Waals surface area contributed by atoms with E-state index in [1.54, 1.807) is 23.5 Å². The van der Waals surface area contributed by atoms with Crippen molar-refractivity contribution in [1.82, 2.24) is 15.4 Å². The Bertz CT molecular complexity index is 873. The maximum atomic E-state index is 12.2. The Morgan fingerprint density at radius 1 is 1.21 bits per heavy atom. The van der Waals surface area contributed by atoms with Crippen LogP contribution in [0, 0.1) is 0 Å². The van der Waals surface area contributed by atoms with Crippen LogP contribution in [-0.2, 0) is 16.6 Å². The summed E-state index contributed by atoms with van der Waals surface area (Å²) in [7, 11) is -3.40. The summed E-state index contributed by atoms with van der Waals surface area (Å²) in [5, 5.41) is 8.73. The first-order chi connectivity index (χ1) is 13.5. The molecule has 1 aliphatic rings. The van der Waals surface area contributed by atoms with E-state index in [1.165, 1.54) is 4.88 Å². The highest BCUT2D eigenvalue weighted by molar-refractivity contribution is 7.89. The monoisotopic (exact) mass is 420 g/mol. The van der Waals surface area contributed by atoms with E-state index in [4.69, 9.17) is 0 Å². The molecule has 1 aromatic heterocycles. The Morgan fingerprint density at radius 3 is 2.57 bits per heavy atom. The second-order valence-electron chi connectivity index (χ2n) is 7.03. The Morgan fingerprint density at radius 2 is 1.96 bits per heavy atom. The van der Waals surface area contributed by atoms with Gasteiger partial charge in [0.15, 0.2) is 5.96 Å². The van der Waals surface area contributed by atoms with Crippen LogP contribution in [0.15, 0.2) is 51.7 Å². The van der Waals surface area contributed by atoms with Gasteiger partial charge in [0.1, 0.15) is 0 Å². The van der Waals surface area contributed by atoms with Crippen LogP contribution in [0.5, 0.6) is 0 Å². The van der Waals surface area contributed by atoms with Crippen LogP contribution >= 0.6 is 11.3 Å². The molecular weight excluding hydrogens is 392 g/mol. The fourth-order valence-electron chi connectivity index (χ4n) is 2.70. The number of nitrogens with zero attached hydrogens (tertiary/aromatic N) is 1. The number of rotatable bonds is 9. The van der Waals surface area contributed by atoms with Gasteiger partial charge in [0.2, 0.25) is 10.0 Å². The molecule has 8 heteroatoms. The van der Waals surface area contributed by atoms with Gasteiger partial charge in [-0.15, -0.1) is 11.3 Å². The van der Waals surface area contributed by atoms with Gasteiger partial charge >= 0.3 is 0 Å². The van der Waals surface area contributed by atoms with Crippen molar-refractivity contribution in [1.29, 1.82) is 0 Å². The number of benzene rings is 1. The van der Waals surface area contributed by atoms with Crippen LogP contribution in [0.25, 0.3) is 0 Å². The second kappa shape index (κ2) is 9.54. The molecule has 2 aromatic rings. The van der Waals surface area contributed by atoms with Crippen LogP contribution in [0.2, 0.25) is 0 Å². The van der Waals surface area contributed by atoms with Crippen molar-refractivity contribution in [3.63, 3.8) is 0 Å². The van der Waals surface area contributed by atoms with Crippen molar-refractivity contribution in [3.05, 3.63) is 52.2 Å². The number of nitrogens with one attached hydrogen (secondary N) is 3. The van der Waals surface area contributed by atoms with Gasteiger partial charge in [0.05, 0.1) is 11.4 Å². The van der Waals surface area contributed by atoms with Gasteiger partial charge in [0.25, 0.3) is 0 Å². The smallest absolute Gasteiger partial charge is 0.240 e. The summed E-state index contributed by atoms with van der Waals surface area (Å²) >= 11 is 1.76. The Hall–Kier alpha value is -1.90. The summed E-state index contributed by atoms with van der Waals surface area (Å²) in [5.74, 6) is 1.17. The topological polar surface area (TPSA) is 82.6 Å². The minimum Gasteiger partial charge on any atom is -0.357 e. The van der Waals surface area contributed by atoms with Crippen molar-refractivity contribution in [3.8, 4) is 0 Å². The molecule has 0 radical (unpaired) electrons. The van der Waals surface area contributed by atoms with E-state index < -0.39 is 10.0 Å². The van der Waals surface area contributed by atoms with Crippen LogP contribution in [0.3, 0.4) is 0 Å². The average Bonchev–Trinajstić information content (AvgIpc) is 3.31. The molecule has 0 aliphatic heterocycles. The molecule has 0 saturated heterocycles. The first-order valence-corrected chi connectivity index (χ1v) is 12.0. The average molecular weight is 421 g/mol. The summed E-state index contributed by atoms with van der Waals surface area (Å²) < 4.78 is 27.2. The molecule has 152 valence electrons. The molecule has 1 unspecified atom stereocenters. The Kier molecular flexibility index (Phi) is 7.09. The van der Waals surface area contributed by atoms with Crippen LogP contribution < -0.4 is 15.4 Å². The highest BCUT2D eigenvalue weighted by Gasteiger charge is 2.27. The molecule has 1 atom stereocenters. The van der Waals surface area contributed by atoms with E-state index in [-0.39, 0.29) is 6.04 Å². The van der Waals surface area contributed by atoms with E-state index in [2.05, 4.69) is 44.8 Å². The number of sulfonamides is 1. The molecular formula is C20H28N4O2S2. The molecule has 0 amide bonds. The van der Waals surface area contributed by atoms with Crippen LogP contribution in [0.1, 0.15) is 43.0 Å². The summed E-state index contributed by atoms with van der Waals surface area (Å²) in [5.41, 5.74) is 0.967. The highest BCUT2D eigenvalue weighted by atomic mass is 32.2. The lowest BCUT2D eigenvalue weighted by Crippen LogP contribution is -2.39. The third-order valence-electron chi connectivity index (χ3n) is 4.50. The highest BCUT2D eigenvalue weighted by Crippen LogP contribution is 2.22. The third kappa shape index (κ3) is 6.05. The van der Waals surface area contributed by atoms with Crippen molar-refractivity contribution in [2.45, 2.75) is 50.1 Å². The van der Waals surface area contributed by atoms with Gasteiger partial charge in [-0.1, -0.05) is 25.1 Å². The molecule has 1 aromatic carbocycles. The van der Waals surface area contributed by atoms with E-state index in [1.807, 2.05) is 19.1 Å². The van der Waals surface area contributed by atoms with Gasteiger partial charge in [-0.2, -0.15) is 0 Å². The van der Waals surface area contributed by atoms with E-state index in [0.29, 0.717) is 17.4 Å². The van der Waals surface area contributed by atoms with Crippen LogP contribution in [-0.4, -0.2) is 33.5 Å². The molecule has 0 bridgehead atoms. The lowest BCUT2D eigenvalue weighted by atomic mass is 10.1. The zero-order valence-electron chi connectivity index (χ0n) is 16.3. The quantitative estimate of drug-likeness (QED) is 0.430. The first-order valence-electron chi connectivity index (χ1n) is 9.65. The first kappa shape index (κ1) is 20.8. The second-order valence-corrected chi connectivity index (χ2v) is 9.73. The molecule has 1 fully saturated rings. The van der Waals surface area contributed by atoms with Gasteiger partial charge in [-0.25, -0.2) is 18.1 Å². The SMILES string of the molecule is CCNC(=NCc1ccc(S(=O)(=O)NC2CC2)cc1)NCC(C)c1cccs1. The van der Waals surface area contributed by atoms with E-state index in [0.717, 1.165) is 37.5 Å². The van der Waals surface area contributed by atoms with Gasteiger partial charge < -0.3 is 10.6 Å². The van der Waals surface area contributed by atoms with Crippen LogP contribution in [0.4, 0.5) is 0 Å². The zero-order chi connectivity index (χ0) is 20.0. The lowest BCUT2D eigenvalue weighted by Gasteiger charge is -2.15. The number of hydrogen-bond donors (Lipinski definition) is 3. The van der Waals surface area contributed by atoms with Gasteiger partial charge in [-0.3, -0.25) is 0 Å². The number of guanidine groups is 1. The van der Waals surface area contributed by atoms with Crippen molar-refractivity contribution < 1.29 is 8.42 Å². The summed E-state index contributed by atoms with van der Waals surface area (Å²) in [4.78, 5) is 6.27. The van der Waals surface area contributed by atoms with E-state index in [9.17, 15) is 8.42 Å². The predicted octanol–water partition coefficient (Wildman–Crippen LogP) is 3.05. The standard InChI is InChI=1S/C20H28N4O2S2/c1-3-21-20(22-13-15(2)19-5-4-12-27-19)23-14-16-6-10-18(11-7-16)28(25,26)24-17-8-9-17/h4-7,10-12,15,17,24H,3,8-9,13-14H2,1-2H3,(H2,21,22,23). The fraction of sp³-hybridized carbons (Fsp3) is 0.450. The molecule has 28 heavy (non-hydrogen) atoms. The maximum Gasteiger partial charge on any atom is 0.240 e. The fourth-order valence-corrected chi connectivity index (χ4v) is 4.79. The predicted molar refractivity (Wildman–Crippen MR) is 115 cm³/mol. The largest absolute Gasteiger partial charge is 0.357 e. The number of aliphatic imine (C=N–C) groups is 1. The molecule has 1 saturated carbocycles. The lowest BCUT2D eigenvalue weighted by molar-refractivity contribution is 0.581. The molecule has 1 aliphatic carbocycles. The van der Waals surface area contributed by atoms with Gasteiger partial charge in [-0.05, 0) is 48.9 Å². The molecule has 1 heterocycles. The minimum atomic E-state index is -3.40. The van der Waals surface area contributed by atoms with Crippen molar-refractivity contribution in [2.75, 3.05) is 13.1 Å². The third-order valence-corrected chi connectivity index (χ3v) is 7.14. The molecule has 0 spiro atoms. The number of thiophene rings is 1. The van der Waals surface area contributed by atoms with Gasteiger partial charge in [0, 0.05) is 29.9 Å².